The molecule has 19 heavy (non-hydrogen) atoms. The van der Waals surface area contributed by atoms with E-state index in [-0.39, 0.29) is 34.1 Å². The Hall–Kier alpha value is -0.650. The Morgan fingerprint density at radius 1 is 1.42 bits per heavy atom. The molecule has 3 N–H and O–H groups in total. The maximum atomic E-state index is 13.0. The van der Waals surface area contributed by atoms with Gasteiger partial charge in [0.15, 0.2) is 0 Å². The van der Waals surface area contributed by atoms with Crippen LogP contribution < -0.4 is 11.1 Å². The normalized spacial score (nSPS) is 10.8. The van der Waals surface area contributed by atoms with Crippen molar-refractivity contribution in [3.63, 3.8) is 0 Å². The Balaban J connectivity index is 0.00000324. The van der Waals surface area contributed by atoms with E-state index in [1.54, 1.807) is 0 Å². The number of carbonyl (C=O) groups excluding carboxylic acids is 1. The third-order valence-corrected chi connectivity index (χ3v) is 3.80. The van der Waals surface area contributed by atoms with Crippen LogP contribution in [0.4, 0.5) is 4.39 Å². The van der Waals surface area contributed by atoms with Crippen LogP contribution in [0.15, 0.2) is 22.7 Å². The average molecular weight is 354 g/mol. The number of nitrogens with two attached hydrogens (primary N) is 1. The fourth-order valence-corrected chi connectivity index (χ4v) is 1.87. The minimum absolute atomic E-state index is 0. The van der Waals surface area contributed by atoms with Crippen LogP contribution in [0.5, 0.6) is 0 Å². The second-order valence-corrected chi connectivity index (χ2v) is 5.24. The number of carbonyl (C=O) groups is 1. The van der Waals surface area contributed by atoms with Gasteiger partial charge in [-0.25, -0.2) is 4.39 Å². The summed E-state index contributed by atoms with van der Waals surface area (Å²) in [5.41, 5.74) is 6.13. The maximum absolute atomic E-state index is 13.0. The Kier molecular flexibility index (Phi) is 7.55. The molecule has 0 aliphatic heterocycles. The van der Waals surface area contributed by atoms with E-state index in [1.807, 2.05) is 13.8 Å². The van der Waals surface area contributed by atoms with Gasteiger partial charge >= 0.3 is 0 Å². The molecule has 0 saturated heterocycles. The lowest BCUT2D eigenvalue weighted by molar-refractivity contribution is 0.0942. The molecule has 1 rings (SSSR count). The molecule has 0 aliphatic carbocycles. The SMILES string of the molecule is CCC(N)(CC)CNC(=O)c1ccc(F)c(Br)c1.Cl. The molecular weight excluding hydrogens is 335 g/mol. The molecule has 0 radical (unpaired) electrons. The van der Waals surface area contributed by atoms with Crippen LogP contribution in [-0.2, 0) is 0 Å². The first kappa shape index (κ1) is 18.4. The summed E-state index contributed by atoms with van der Waals surface area (Å²) in [4.78, 5) is 11.9. The van der Waals surface area contributed by atoms with Gasteiger partial charge in [-0.05, 0) is 47.0 Å². The molecule has 108 valence electrons. The van der Waals surface area contributed by atoms with Crippen LogP contribution in [0.1, 0.15) is 37.0 Å². The predicted molar refractivity (Wildman–Crippen MR) is 81.2 cm³/mol. The molecule has 0 heterocycles. The van der Waals surface area contributed by atoms with Crippen LogP contribution in [-0.4, -0.2) is 18.0 Å². The van der Waals surface area contributed by atoms with E-state index >= 15 is 0 Å². The van der Waals surface area contributed by atoms with Crippen molar-refractivity contribution in [1.82, 2.24) is 5.32 Å². The molecule has 0 saturated carbocycles. The summed E-state index contributed by atoms with van der Waals surface area (Å²) in [7, 11) is 0. The molecule has 6 heteroatoms. The number of rotatable bonds is 5. The van der Waals surface area contributed by atoms with Gasteiger partial charge in [0.05, 0.1) is 4.47 Å². The Labute approximate surface area is 127 Å². The second-order valence-electron chi connectivity index (χ2n) is 4.38. The van der Waals surface area contributed by atoms with Gasteiger partial charge in [0.2, 0.25) is 0 Å². The van der Waals surface area contributed by atoms with Gasteiger partial charge in [0, 0.05) is 17.6 Å². The van der Waals surface area contributed by atoms with Gasteiger partial charge in [-0.15, -0.1) is 12.4 Å². The third-order valence-electron chi connectivity index (χ3n) is 3.19. The van der Waals surface area contributed by atoms with Gasteiger partial charge in [0.25, 0.3) is 5.91 Å². The number of hydrogen-bond acceptors (Lipinski definition) is 2. The van der Waals surface area contributed by atoms with Gasteiger partial charge in [0.1, 0.15) is 5.82 Å². The highest BCUT2D eigenvalue weighted by Gasteiger charge is 2.21. The Bertz CT molecular complexity index is 439. The van der Waals surface area contributed by atoms with Gasteiger partial charge in [-0.1, -0.05) is 13.8 Å². The molecule has 0 spiro atoms. The highest BCUT2D eigenvalue weighted by molar-refractivity contribution is 9.10. The molecule has 0 fully saturated rings. The lowest BCUT2D eigenvalue weighted by Crippen LogP contribution is -2.49. The zero-order chi connectivity index (χ0) is 13.8. The van der Waals surface area contributed by atoms with E-state index in [2.05, 4.69) is 21.2 Å². The number of hydrogen-bond donors (Lipinski definition) is 2. The fraction of sp³-hybridized carbons (Fsp3) is 0.462. The zero-order valence-corrected chi connectivity index (χ0v) is 13.4. The van der Waals surface area contributed by atoms with E-state index in [0.717, 1.165) is 12.8 Å². The highest BCUT2D eigenvalue weighted by Crippen LogP contribution is 2.17. The topological polar surface area (TPSA) is 55.1 Å². The van der Waals surface area contributed by atoms with Gasteiger partial charge in [-0.2, -0.15) is 0 Å². The lowest BCUT2D eigenvalue weighted by Gasteiger charge is -2.26. The average Bonchev–Trinajstić information content (AvgIpc) is 2.38. The van der Waals surface area contributed by atoms with Crippen LogP contribution >= 0.6 is 28.3 Å². The molecule has 0 unspecified atom stereocenters. The lowest BCUT2D eigenvalue weighted by atomic mass is 9.94. The highest BCUT2D eigenvalue weighted by atomic mass is 79.9. The van der Waals surface area contributed by atoms with Crippen molar-refractivity contribution in [2.45, 2.75) is 32.2 Å². The first-order valence-corrected chi connectivity index (χ1v) is 6.73. The summed E-state index contributed by atoms with van der Waals surface area (Å²) in [5, 5.41) is 2.78. The summed E-state index contributed by atoms with van der Waals surface area (Å²) < 4.78 is 13.3. The minimum Gasteiger partial charge on any atom is -0.350 e. The van der Waals surface area contributed by atoms with Crippen molar-refractivity contribution in [1.29, 1.82) is 0 Å². The smallest absolute Gasteiger partial charge is 0.251 e. The summed E-state index contributed by atoms with van der Waals surface area (Å²) in [5.74, 6) is -0.630. The van der Waals surface area contributed by atoms with E-state index in [4.69, 9.17) is 5.73 Å². The van der Waals surface area contributed by atoms with E-state index in [9.17, 15) is 9.18 Å². The Morgan fingerprint density at radius 2 is 2.00 bits per heavy atom. The predicted octanol–water partition coefficient (Wildman–Crippen LogP) is 3.26. The zero-order valence-electron chi connectivity index (χ0n) is 11.0. The minimum atomic E-state index is -0.387. The summed E-state index contributed by atoms with van der Waals surface area (Å²) in [6.45, 7) is 4.39. The molecule has 0 aromatic heterocycles. The molecule has 3 nitrogen and oxygen atoms in total. The monoisotopic (exact) mass is 352 g/mol. The maximum Gasteiger partial charge on any atom is 0.251 e. The van der Waals surface area contributed by atoms with Crippen LogP contribution in [0.2, 0.25) is 0 Å². The molecule has 0 aliphatic rings. The van der Waals surface area contributed by atoms with Crippen LogP contribution in [0.25, 0.3) is 0 Å². The molecule has 0 atom stereocenters. The standard InChI is InChI=1S/C13H18BrFN2O.ClH/c1-3-13(16,4-2)8-17-12(18)9-5-6-11(15)10(14)7-9;/h5-7H,3-4,8,16H2,1-2H3,(H,17,18);1H. The molecule has 1 aromatic rings. The summed E-state index contributed by atoms with van der Waals surface area (Å²) >= 11 is 3.05. The third kappa shape index (κ3) is 5.09. The van der Waals surface area contributed by atoms with E-state index in [0.29, 0.717) is 12.1 Å². The summed E-state index contributed by atoms with van der Waals surface area (Å²) in [6, 6.07) is 4.17. The first-order valence-electron chi connectivity index (χ1n) is 5.94. The number of nitrogens with one attached hydrogen (secondary N) is 1. The molecule has 0 bridgehead atoms. The number of amides is 1. The molecule has 1 amide bonds. The van der Waals surface area contributed by atoms with E-state index in [1.165, 1.54) is 18.2 Å². The second kappa shape index (κ2) is 7.82. The largest absolute Gasteiger partial charge is 0.350 e. The Morgan fingerprint density at radius 3 is 2.47 bits per heavy atom. The summed E-state index contributed by atoms with van der Waals surface area (Å²) in [6.07, 6.45) is 1.58. The number of benzene rings is 1. The van der Waals surface area contributed by atoms with Crippen LogP contribution in [0, 0.1) is 5.82 Å². The van der Waals surface area contributed by atoms with E-state index < -0.39 is 0 Å². The van der Waals surface area contributed by atoms with Crippen molar-refractivity contribution in [3.05, 3.63) is 34.1 Å². The van der Waals surface area contributed by atoms with Crippen molar-refractivity contribution in [3.8, 4) is 0 Å². The fourth-order valence-electron chi connectivity index (χ4n) is 1.50. The first-order chi connectivity index (χ1) is 8.41. The van der Waals surface area contributed by atoms with Crippen molar-refractivity contribution in [2.24, 2.45) is 5.73 Å². The quantitative estimate of drug-likeness (QED) is 0.853. The molecule has 1 aromatic carbocycles. The van der Waals surface area contributed by atoms with Gasteiger partial charge in [-0.3, -0.25) is 4.79 Å². The molecular formula is C13H19BrClFN2O. The van der Waals surface area contributed by atoms with Crippen molar-refractivity contribution < 1.29 is 9.18 Å². The van der Waals surface area contributed by atoms with Crippen LogP contribution in [0.3, 0.4) is 0 Å². The van der Waals surface area contributed by atoms with Crippen molar-refractivity contribution >= 4 is 34.2 Å². The van der Waals surface area contributed by atoms with Gasteiger partial charge < -0.3 is 11.1 Å². The van der Waals surface area contributed by atoms with Crippen molar-refractivity contribution in [2.75, 3.05) is 6.54 Å². The number of halogens is 3.